The molecule has 0 unspecified atom stereocenters. The van der Waals surface area contributed by atoms with Gasteiger partial charge >= 0.3 is 12.2 Å². The van der Waals surface area contributed by atoms with Crippen LogP contribution >= 0.6 is 0 Å². The van der Waals surface area contributed by atoms with E-state index in [0.717, 1.165) is 31.2 Å². The lowest BCUT2D eigenvalue weighted by atomic mass is 9.97. The fourth-order valence-corrected chi connectivity index (χ4v) is 3.05. The van der Waals surface area contributed by atoms with Gasteiger partial charge in [0.15, 0.2) is 0 Å². The predicted octanol–water partition coefficient (Wildman–Crippen LogP) is 2.94. The van der Waals surface area contributed by atoms with Gasteiger partial charge in [0, 0.05) is 18.2 Å². The fourth-order valence-electron chi connectivity index (χ4n) is 3.05. The van der Waals surface area contributed by atoms with Crippen LogP contribution in [0.1, 0.15) is 56.1 Å². The van der Waals surface area contributed by atoms with Crippen molar-refractivity contribution in [1.29, 1.82) is 0 Å². The Morgan fingerprint density at radius 2 is 1.80 bits per heavy atom. The van der Waals surface area contributed by atoms with Gasteiger partial charge in [0.2, 0.25) is 0 Å². The highest BCUT2D eigenvalue weighted by Gasteiger charge is 2.15. The van der Waals surface area contributed by atoms with E-state index in [1.54, 1.807) is 18.2 Å². The molecule has 0 bridgehead atoms. The smallest absolute Gasteiger partial charge is 0.409 e. The maximum Gasteiger partial charge on any atom is 0.409 e. The van der Waals surface area contributed by atoms with Crippen molar-refractivity contribution in [3.63, 3.8) is 0 Å². The zero-order chi connectivity index (χ0) is 18.1. The van der Waals surface area contributed by atoms with Gasteiger partial charge in [0.05, 0.1) is 0 Å². The van der Waals surface area contributed by atoms with E-state index >= 15 is 0 Å². The van der Waals surface area contributed by atoms with E-state index < -0.39 is 12.2 Å². The van der Waals surface area contributed by atoms with E-state index in [9.17, 15) is 9.59 Å². The number of carbonyl (C=O) groups excluding carboxylic acids is 2. The molecule has 7 heteroatoms. The van der Waals surface area contributed by atoms with Gasteiger partial charge < -0.3 is 26.3 Å². The van der Waals surface area contributed by atoms with Gasteiger partial charge in [0.1, 0.15) is 12.4 Å². The molecule has 0 aliphatic heterocycles. The first-order valence-electron chi connectivity index (χ1n) is 8.81. The molecule has 1 fully saturated rings. The predicted molar refractivity (Wildman–Crippen MR) is 94.0 cm³/mol. The Bertz CT molecular complexity index is 584. The van der Waals surface area contributed by atoms with Crippen LogP contribution in [-0.4, -0.2) is 18.2 Å². The SMILES string of the molecule is NCc1cc(COC(=O)NC2CCCCCCC2)ccc1OC(N)=O. The lowest BCUT2D eigenvalue weighted by Crippen LogP contribution is -2.35. The second kappa shape index (κ2) is 9.88. The molecule has 1 saturated carbocycles. The van der Waals surface area contributed by atoms with Crippen LogP contribution in [0.15, 0.2) is 18.2 Å². The van der Waals surface area contributed by atoms with Gasteiger partial charge in [-0.05, 0) is 30.5 Å². The monoisotopic (exact) mass is 349 g/mol. The molecule has 2 amide bonds. The molecule has 2 rings (SSSR count). The van der Waals surface area contributed by atoms with E-state index in [2.05, 4.69) is 5.32 Å². The number of nitrogens with one attached hydrogen (secondary N) is 1. The van der Waals surface area contributed by atoms with Crippen molar-refractivity contribution < 1.29 is 19.1 Å². The van der Waals surface area contributed by atoms with Crippen LogP contribution in [0.3, 0.4) is 0 Å². The van der Waals surface area contributed by atoms with Crippen molar-refractivity contribution in [3.8, 4) is 5.75 Å². The van der Waals surface area contributed by atoms with Gasteiger partial charge in [-0.1, -0.05) is 38.2 Å². The summed E-state index contributed by atoms with van der Waals surface area (Å²) in [5, 5.41) is 2.95. The van der Waals surface area contributed by atoms with Crippen molar-refractivity contribution in [2.24, 2.45) is 11.5 Å². The van der Waals surface area contributed by atoms with Crippen LogP contribution in [0.25, 0.3) is 0 Å². The summed E-state index contributed by atoms with van der Waals surface area (Å²) in [7, 11) is 0. The quantitative estimate of drug-likeness (QED) is 0.755. The molecule has 0 aromatic heterocycles. The minimum atomic E-state index is -0.891. The Morgan fingerprint density at radius 1 is 1.12 bits per heavy atom. The zero-order valence-electron chi connectivity index (χ0n) is 14.5. The Morgan fingerprint density at radius 3 is 2.44 bits per heavy atom. The second-order valence-electron chi connectivity index (χ2n) is 6.33. The van der Waals surface area contributed by atoms with Crippen LogP contribution in [-0.2, 0) is 17.9 Å². The minimum absolute atomic E-state index is 0.127. The van der Waals surface area contributed by atoms with E-state index in [1.807, 2.05) is 0 Å². The molecule has 5 N–H and O–H groups in total. The maximum atomic E-state index is 12.0. The highest BCUT2D eigenvalue weighted by Crippen LogP contribution is 2.21. The molecule has 0 spiro atoms. The number of hydrogen-bond donors (Lipinski definition) is 3. The largest absolute Gasteiger partial charge is 0.445 e. The maximum absolute atomic E-state index is 12.0. The summed E-state index contributed by atoms with van der Waals surface area (Å²) in [4.78, 5) is 22.9. The second-order valence-corrected chi connectivity index (χ2v) is 6.33. The highest BCUT2D eigenvalue weighted by atomic mass is 16.6. The number of primary amides is 1. The number of alkyl carbamates (subject to hydrolysis) is 1. The summed E-state index contributed by atoms with van der Waals surface area (Å²) in [6.45, 7) is 0.313. The standard InChI is InChI=1S/C18H27N3O4/c19-11-14-10-13(8-9-16(14)25-17(20)22)12-24-18(23)21-15-6-4-2-1-3-5-7-15/h8-10,15H,1-7,11-12,19H2,(H2,20,22)(H,21,23). The van der Waals surface area contributed by atoms with Crippen molar-refractivity contribution in [2.45, 2.75) is 64.1 Å². The van der Waals surface area contributed by atoms with Crippen LogP contribution in [0.5, 0.6) is 5.75 Å². The van der Waals surface area contributed by atoms with Gasteiger partial charge in [-0.2, -0.15) is 0 Å². The fraction of sp³-hybridized carbons (Fsp3) is 0.556. The van der Waals surface area contributed by atoms with Crippen molar-refractivity contribution in [3.05, 3.63) is 29.3 Å². The third-order valence-electron chi connectivity index (χ3n) is 4.35. The third-order valence-corrected chi connectivity index (χ3v) is 4.35. The van der Waals surface area contributed by atoms with Crippen LogP contribution < -0.4 is 21.5 Å². The third kappa shape index (κ3) is 6.62. The molecule has 138 valence electrons. The molecule has 7 nitrogen and oxygen atoms in total. The van der Waals surface area contributed by atoms with E-state index in [-0.39, 0.29) is 19.2 Å². The Kier molecular flexibility index (Phi) is 7.53. The molecule has 0 heterocycles. The van der Waals surface area contributed by atoms with Gasteiger partial charge in [-0.15, -0.1) is 0 Å². The van der Waals surface area contributed by atoms with Gasteiger partial charge in [0.25, 0.3) is 0 Å². The number of ether oxygens (including phenoxy) is 2. The Labute approximate surface area is 148 Å². The Hall–Kier alpha value is -2.28. The number of nitrogens with two attached hydrogens (primary N) is 2. The summed E-state index contributed by atoms with van der Waals surface area (Å²) < 4.78 is 10.2. The number of benzene rings is 1. The van der Waals surface area contributed by atoms with Gasteiger partial charge in [-0.3, -0.25) is 0 Å². The first-order chi connectivity index (χ1) is 12.1. The molecule has 1 aliphatic rings. The first kappa shape index (κ1) is 19.1. The average Bonchev–Trinajstić information content (AvgIpc) is 2.55. The zero-order valence-corrected chi connectivity index (χ0v) is 14.5. The number of carbonyl (C=O) groups is 2. The number of hydrogen-bond acceptors (Lipinski definition) is 5. The molecule has 1 aliphatic carbocycles. The molecule has 25 heavy (non-hydrogen) atoms. The average molecular weight is 349 g/mol. The first-order valence-corrected chi connectivity index (χ1v) is 8.81. The van der Waals surface area contributed by atoms with Crippen molar-refractivity contribution in [1.82, 2.24) is 5.32 Å². The van der Waals surface area contributed by atoms with Crippen LogP contribution in [0.2, 0.25) is 0 Å². The summed E-state index contributed by atoms with van der Waals surface area (Å²) in [6.07, 6.45) is 6.75. The summed E-state index contributed by atoms with van der Waals surface area (Å²) in [5.41, 5.74) is 12.1. The molecule has 0 radical (unpaired) electrons. The number of amides is 2. The topological polar surface area (TPSA) is 117 Å². The van der Waals surface area contributed by atoms with Crippen molar-refractivity contribution in [2.75, 3.05) is 0 Å². The molecular weight excluding hydrogens is 322 g/mol. The van der Waals surface area contributed by atoms with Crippen molar-refractivity contribution >= 4 is 12.2 Å². The molecule has 1 aromatic rings. The molecule has 0 saturated heterocycles. The lowest BCUT2D eigenvalue weighted by Gasteiger charge is -2.20. The van der Waals surface area contributed by atoms with E-state index in [4.69, 9.17) is 20.9 Å². The van der Waals surface area contributed by atoms with Crippen LogP contribution in [0, 0.1) is 0 Å². The minimum Gasteiger partial charge on any atom is -0.445 e. The molecule has 1 aromatic carbocycles. The number of rotatable bonds is 5. The molecular formula is C18H27N3O4. The molecule has 0 atom stereocenters. The summed E-state index contributed by atoms with van der Waals surface area (Å²) in [6, 6.07) is 5.24. The lowest BCUT2D eigenvalue weighted by molar-refractivity contribution is 0.133. The highest BCUT2D eigenvalue weighted by molar-refractivity contribution is 5.69. The van der Waals surface area contributed by atoms with E-state index in [1.165, 1.54) is 19.3 Å². The van der Waals surface area contributed by atoms with E-state index in [0.29, 0.717) is 11.3 Å². The Balaban J connectivity index is 1.85. The van der Waals surface area contributed by atoms with Gasteiger partial charge in [-0.25, -0.2) is 9.59 Å². The summed E-state index contributed by atoms with van der Waals surface area (Å²) >= 11 is 0. The summed E-state index contributed by atoms with van der Waals surface area (Å²) in [5.74, 6) is 0.317. The van der Waals surface area contributed by atoms with Crippen LogP contribution in [0.4, 0.5) is 9.59 Å². The normalized spacial score (nSPS) is 15.7.